The number of aliphatic hydroxyl groups is 1. The Kier molecular flexibility index (Phi) is 3.59. The van der Waals surface area contributed by atoms with E-state index in [1.807, 2.05) is 6.92 Å². The number of hydrogen-bond acceptors (Lipinski definition) is 3. The molecule has 4 nitrogen and oxygen atoms in total. The molecule has 0 bridgehead atoms. The van der Waals surface area contributed by atoms with Crippen molar-refractivity contribution in [2.24, 2.45) is 0 Å². The van der Waals surface area contributed by atoms with Gasteiger partial charge in [-0.15, -0.1) is 0 Å². The zero-order chi connectivity index (χ0) is 10.6. The molecule has 75 valence electrons. The summed E-state index contributed by atoms with van der Waals surface area (Å²) in [5.74, 6) is 0. The number of aryl methyl sites for hydroxylation is 1. The van der Waals surface area contributed by atoms with Gasteiger partial charge in [-0.25, -0.2) is 0 Å². The monoisotopic (exact) mass is 194 g/mol. The van der Waals surface area contributed by atoms with Crippen LogP contribution in [0, 0.1) is 16.7 Å². The minimum Gasteiger partial charge on any atom is -0.385 e. The second kappa shape index (κ2) is 4.72. The molecule has 14 heavy (non-hydrogen) atoms. The fraction of sp³-hybridized carbons (Fsp3) is 0.300. The van der Waals surface area contributed by atoms with Crippen LogP contribution in [0.3, 0.4) is 0 Å². The van der Waals surface area contributed by atoms with Crippen molar-refractivity contribution >= 4 is 5.69 Å². The Labute approximate surface area is 82.3 Å². The van der Waals surface area contributed by atoms with E-state index in [1.165, 1.54) is 6.07 Å². The maximum Gasteiger partial charge on any atom is 0.272 e. The highest BCUT2D eigenvalue weighted by atomic mass is 16.6. The van der Waals surface area contributed by atoms with Gasteiger partial charge in [-0.3, -0.25) is 10.1 Å². The van der Waals surface area contributed by atoms with Gasteiger partial charge in [-0.2, -0.15) is 0 Å². The van der Waals surface area contributed by atoms with E-state index in [0.717, 1.165) is 13.0 Å². The molecular formula is C10H12NO3. The minimum absolute atomic E-state index is 0.0784. The summed E-state index contributed by atoms with van der Waals surface area (Å²) in [5.41, 5.74) is 1.24. The topological polar surface area (TPSA) is 63.4 Å². The summed E-state index contributed by atoms with van der Waals surface area (Å²) in [6.07, 6.45) is 1.55. The lowest BCUT2D eigenvalue weighted by Crippen LogP contribution is -1.96. The Morgan fingerprint density at radius 2 is 2.29 bits per heavy atom. The SMILES string of the molecule is CCCc1ccc([CH]O)cc1[N+](=O)[O-]. The average molecular weight is 194 g/mol. The third-order valence-electron chi connectivity index (χ3n) is 1.97. The van der Waals surface area contributed by atoms with Gasteiger partial charge in [0.2, 0.25) is 0 Å². The van der Waals surface area contributed by atoms with Crippen molar-refractivity contribution < 1.29 is 10.0 Å². The highest BCUT2D eigenvalue weighted by molar-refractivity contribution is 5.44. The van der Waals surface area contributed by atoms with Gasteiger partial charge >= 0.3 is 0 Å². The lowest BCUT2D eigenvalue weighted by atomic mass is 10.1. The zero-order valence-corrected chi connectivity index (χ0v) is 7.93. The summed E-state index contributed by atoms with van der Waals surface area (Å²) in [6, 6.07) is 4.73. The van der Waals surface area contributed by atoms with Crippen molar-refractivity contribution in [2.45, 2.75) is 19.8 Å². The van der Waals surface area contributed by atoms with Gasteiger partial charge in [-0.05, 0) is 12.0 Å². The fourth-order valence-corrected chi connectivity index (χ4v) is 1.31. The molecule has 0 heterocycles. The Balaban J connectivity index is 3.10. The Bertz CT molecular complexity index is 336. The van der Waals surface area contributed by atoms with Crippen molar-refractivity contribution in [3.63, 3.8) is 0 Å². The lowest BCUT2D eigenvalue weighted by Gasteiger charge is -2.02. The molecular weight excluding hydrogens is 182 g/mol. The number of hydrogen-bond donors (Lipinski definition) is 1. The summed E-state index contributed by atoms with van der Waals surface area (Å²) in [5, 5.41) is 19.4. The van der Waals surface area contributed by atoms with Gasteiger partial charge in [-0.1, -0.05) is 25.5 Å². The van der Waals surface area contributed by atoms with E-state index in [2.05, 4.69) is 0 Å². The van der Waals surface area contributed by atoms with Gasteiger partial charge < -0.3 is 5.11 Å². The standard InChI is InChI=1S/C10H12NO3/c1-2-3-9-5-4-8(7-12)6-10(9)11(13)14/h4-7,12H,2-3H2,1H3. The molecule has 0 aliphatic rings. The van der Waals surface area contributed by atoms with Crippen LogP contribution < -0.4 is 0 Å². The van der Waals surface area contributed by atoms with Crippen molar-refractivity contribution in [1.29, 1.82) is 0 Å². The number of nitro benzene ring substituents is 1. The number of aliphatic hydroxyl groups excluding tert-OH is 1. The van der Waals surface area contributed by atoms with Crippen LogP contribution in [0.1, 0.15) is 24.5 Å². The van der Waals surface area contributed by atoms with Crippen LogP contribution in [-0.4, -0.2) is 10.0 Å². The van der Waals surface area contributed by atoms with E-state index in [9.17, 15) is 10.1 Å². The lowest BCUT2D eigenvalue weighted by molar-refractivity contribution is -0.385. The van der Waals surface area contributed by atoms with Crippen LogP contribution in [0.4, 0.5) is 5.69 Å². The molecule has 0 unspecified atom stereocenters. The molecule has 0 amide bonds. The predicted molar refractivity (Wildman–Crippen MR) is 52.4 cm³/mol. The summed E-state index contributed by atoms with van der Waals surface area (Å²) in [6.45, 7) is 2.83. The summed E-state index contributed by atoms with van der Waals surface area (Å²) >= 11 is 0. The van der Waals surface area contributed by atoms with Crippen molar-refractivity contribution in [2.75, 3.05) is 0 Å². The van der Waals surface area contributed by atoms with Crippen LogP contribution in [-0.2, 0) is 6.42 Å². The molecule has 0 aliphatic heterocycles. The van der Waals surface area contributed by atoms with Crippen LogP contribution in [0.15, 0.2) is 18.2 Å². The molecule has 0 fully saturated rings. The molecule has 0 atom stereocenters. The summed E-state index contributed by atoms with van der Waals surface area (Å²) in [7, 11) is 0. The first-order valence-electron chi connectivity index (χ1n) is 4.43. The largest absolute Gasteiger partial charge is 0.385 e. The van der Waals surface area contributed by atoms with E-state index in [4.69, 9.17) is 5.11 Å². The Hall–Kier alpha value is -1.42. The van der Waals surface area contributed by atoms with Gasteiger partial charge in [0.05, 0.1) is 4.92 Å². The number of benzene rings is 1. The molecule has 0 spiro atoms. The third kappa shape index (κ3) is 2.29. The molecule has 4 heteroatoms. The first kappa shape index (κ1) is 10.7. The third-order valence-corrected chi connectivity index (χ3v) is 1.97. The second-order valence-electron chi connectivity index (χ2n) is 3.02. The first-order valence-corrected chi connectivity index (χ1v) is 4.43. The molecule has 1 aromatic rings. The van der Waals surface area contributed by atoms with Gasteiger partial charge in [0.15, 0.2) is 0 Å². The summed E-state index contributed by atoms with van der Waals surface area (Å²) in [4.78, 5) is 10.3. The molecule has 0 saturated heterocycles. The molecule has 0 saturated carbocycles. The van der Waals surface area contributed by atoms with Crippen molar-refractivity contribution in [3.05, 3.63) is 46.0 Å². The van der Waals surface area contributed by atoms with Gasteiger partial charge in [0, 0.05) is 11.6 Å². The molecule has 1 radical (unpaired) electrons. The van der Waals surface area contributed by atoms with Crippen LogP contribution in [0.5, 0.6) is 0 Å². The molecule has 0 aliphatic carbocycles. The second-order valence-corrected chi connectivity index (χ2v) is 3.02. The maximum atomic E-state index is 10.7. The van der Waals surface area contributed by atoms with E-state index >= 15 is 0 Å². The predicted octanol–water partition coefficient (Wildman–Crippen LogP) is 2.43. The fourth-order valence-electron chi connectivity index (χ4n) is 1.31. The first-order chi connectivity index (χ1) is 6.69. The van der Waals surface area contributed by atoms with Crippen molar-refractivity contribution in [1.82, 2.24) is 0 Å². The molecule has 1 N–H and O–H groups in total. The molecule has 1 aromatic carbocycles. The highest BCUT2D eigenvalue weighted by Crippen LogP contribution is 2.22. The molecule has 1 rings (SSSR count). The average Bonchev–Trinajstić information content (AvgIpc) is 2.18. The van der Waals surface area contributed by atoms with E-state index in [1.54, 1.807) is 12.1 Å². The minimum atomic E-state index is -0.419. The van der Waals surface area contributed by atoms with Gasteiger partial charge in [0.1, 0.15) is 6.61 Å². The number of rotatable bonds is 4. The summed E-state index contributed by atoms with van der Waals surface area (Å²) < 4.78 is 0. The maximum absolute atomic E-state index is 10.7. The van der Waals surface area contributed by atoms with Crippen LogP contribution >= 0.6 is 0 Å². The normalized spacial score (nSPS) is 10.1. The zero-order valence-electron chi connectivity index (χ0n) is 7.93. The highest BCUT2D eigenvalue weighted by Gasteiger charge is 2.13. The number of nitro groups is 1. The quantitative estimate of drug-likeness (QED) is 0.591. The van der Waals surface area contributed by atoms with E-state index in [-0.39, 0.29) is 5.69 Å². The van der Waals surface area contributed by atoms with E-state index in [0.29, 0.717) is 17.5 Å². The van der Waals surface area contributed by atoms with Crippen molar-refractivity contribution in [3.8, 4) is 0 Å². The number of nitrogens with zero attached hydrogens (tertiary/aromatic N) is 1. The Morgan fingerprint density at radius 1 is 1.57 bits per heavy atom. The smallest absolute Gasteiger partial charge is 0.272 e. The Morgan fingerprint density at radius 3 is 2.79 bits per heavy atom. The molecule has 0 aromatic heterocycles. The van der Waals surface area contributed by atoms with Gasteiger partial charge in [0.25, 0.3) is 5.69 Å². The van der Waals surface area contributed by atoms with E-state index < -0.39 is 4.92 Å². The van der Waals surface area contributed by atoms with Crippen LogP contribution in [0.2, 0.25) is 0 Å². The van der Waals surface area contributed by atoms with Crippen LogP contribution in [0.25, 0.3) is 0 Å².